The number of unbranched alkanes of at least 4 members (excludes halogenated alkanes) is 1. The third-order valence-electron chi connectivity index (χ3n) is 3.77. The lowest BCUT2D eigenvalue weighted by Gasteiger charge is -2.22. The second kappa shape index (κ2) is 8.64. The van der Waals surface area contributed by atoms with Crippen LogP contribution < -0.4 is 0 Å². The minimum Gasteiger partial charge on any atom is -0.337 e. The number of benzene rings is 2. The van der Waals surface area contributed by atoms with Gasteiger partial charge >= 0.3 is 0 Å². The summed E-state index contributed by atoms with van der Waals surface area (Å²) in [6, 6.07) is 17.8. The first-order valence-electron chi connectivity index (χ1n) is 8.12. The Morgan fingerprint density at radius 2 is 1.54 bits per heavy atom. The van der Waals surface area contributed by atoms with Crippen LogP contribution in [-0.2, 0) is 21.2 Å². The fourth-order valence-electron chi connectivity index (χ4n) is 2.41. The summed E-state index contributed by atoms with van der Waals surface area (Å²) < 4.78 is 24.9. The van der Waals surface area contributed by atoms with Crippen molar-refractivity contribution in [2.24, 2.45) is 0 Å². The number of hydrogen-bond acceptors (Lipinski definition) is 3. The SMILES string of the molecule is CCCCN(Cc1ccccc1)C(=O)CS(=O)(=O)c1ccccc1. The topological polar surface area (TPSA) is 54.5 Å². The van der Waals surface area contributed by atoms with Crippen molar-refractivity contribution in [1.29, 1.82) is 0 Å². The van der Waals surface area contributed by atoms with E-state index < -0.39 is 15.6 Å². The van der Waals surface area contributed by atoms with E-state index in [4.69, 9.17) is 0 Å². The van der Waals surface area contributed by atoms with E-state index in [2.05, 4.69) is 0 Å². The van der Waals surface area contributed by atoms with E-state index in [1.54, 1.807) is 23.1 Å². The molecule has 0 N–H and O–H groups in total. The van der Waals surface area contributed by atoms with Gasteiger partial charge in [-0.05, 0) is 24.1 Å². The van der Waals surface area contributed by atoms with Crippen LogP contribution in [0.2, 0.25) is 0 Å². The normalized spacial score (nSPS) is 11.2. The summed E-state index contributed by atoms with van der Waals surface area (Å²) in [5.74, 6) is -0.843. The minimum absolute atomic E-state index is 0.188. The van der Waals surface area contributed by atoms with Crippen LogP contribution in [-0.4, -0.2) is 31.5 Å². The fraction of sp³-hybridized carbons (Fsp3) is 0.316. The smallest absolute Gasteiger partial charge is 0.238 e. The van der Waals surface area contributed by atoms with Gasteiger partial charge in [-0.15, -0.1) is 0 Å². The first kappa shape index (κ1) is 18.2. The molecule has 0 saturated heterocycles. The average molecular weight is 345 g/mol. The maximum atomic E-state index is 12.6. The minimum atomic E-state index is -3.61. The van der Waals surface area contributed by atoms with Crippen molar-refractivity contribution in [1.82, 2.24) is 4.90 Å². The predicted molar refractivity (Wildman–Crippen MR) is 95.3 cm³/mol. The summed E-state index contributed by atoms with van der Waals surface area (Å²) in [6.07, 6.45) is 1.80. The molecule has 24 heavy (non-hydrogen) atoms. The molecule has 0 aliphatic heterocycles. The zero-order chi connectivity index (χ0) is 17.4. The molecule has 0 aliphatic rings. The van der Waals surface area contributed by atoms with E-state index in [9.17, 15) is 13.2 Å². The second-order valence-corrected chi connectivity index (χ2v) is 7.72. The third kappa shape index (κ3) is 5.20. The number of sulfone groups is 1. The van der Waals surface area contributed by atoms with E-state index in [1.165, 1.54) is 12.1 Å². The molecule has 0 unspecified atom stereocenters. The van der Waals surface area contributed by atoms with E-state index in [-0.39, 0.29) is 10.8 Å². The van der Waals surface area contributed by atoms with Crippen molar-refractivity contribution < 1.29 is 13.2 Å². The molecule has 0 aromatic heterocycles. The zero-order valence-electron chi connectivity index (χ0n) is 13.9. The van der Waals surface area contributed by atoms with Gasteiger partial charge < -0.3 is 4.90 Å². The van der Waals surface area contributed by atoms with Gasteiger partial charge in [-0.2, -0.15) is 0 Å². The van der Waals surface area contributed by atoms with E-state index in [0.717, 1.165) is 18.4 Å². The molecule has 5 heteroatoms. The molecular weight excluding hydrogens is 322 g/mol. The number of carbonyl (C=O) groups is 1. The van der Waals surface area contributed by atoms with Gasteiger partial charge in [0, 0.05) is 13.1 Å². The Bertz CT molecular complexity index is 743. The van der Waals surface area contributed by atoms with E-state index >= 15 is 0 Å². The van der Waals surface area contributed by atoms with Crippen LogP contribution >= 0.6 is 0 Å². The molecule has 0 heterocycles. The Balaban J connectivity index is 2.12. The molecule has 1 amide bonds. The monoisotopic (exact) mass is 345 g/mol. The Kier molecular flexibility index (Phi) is 6.55. The van der Waals surface area contributed by atoms with Gasteiger partial charge in [0.1, 0.15) is 5.75 Å². The largest absolute Gasteiger partial charge is 0.337 e. The summed E-state index contributed by atoms with van der Waals surface area (Å²) in [5, 5.41) is 0. The van der Waals surface area contributed by atoms with Crippen molar-refractivity contribution in [3.63, 3.8) is 0 Å². The predicted octanol–water partition coefficient (Wildman–Crippen LogP) is 3.29. The maximum absolute atomic E-state index is 12.6. The highest BCUT2D eigenvalue weighted by atomic mass is 32.2. The van der Waals surface area contributed by atoms with Gasteiger partial charge in [-0.25, -0.2) is 8.42 Å². The molecule has 0 aliphatic carbocycles. The summed E-state index contributed by atoms with van der Waals surface area (Å²) in [6.45, 7) is 3.05. The fourth-order valence-corrected chi connectivity index (χ4v) is 3.66. The van der Waals surface area contributed by atoms with Gasteiger partial charge in [0.05, 0.1) is 4.90 Å². The highest BCUT2D eigenvalue weighted by Gasteiger charge is 2.23. The first-order chi connectivity index (χ1) is 11.5. The summed E-state index contributed by atoms with van der Waals surface area (Å²) >= 11 is 0. The van der Waals surface area contributed by atoms with Crippen LogP contribution in [0.5, 0.6) is 0 Å². The van der Waals surface area contributed by atoms with Crippen molar-refractivity contribution >= 4 is 15.7 Å². The van der Waals surface area contributed by atoms with Crippen LogP contribution in [0.25, 0.3) is 0 Å². The lowest BCUT2D eigenvalue weighted by molar-refractivity contribution is -0.129. The number of carbonyl (C=O) groups excluding carboxylic acids is 1. The van der Waals surface area contributed by atoms with Gasteiger partial charge in [-0.1, -0.05) is 61.9 Å². The molecule has 4 nitrogen and oxygen atoms in total. The van der Waals surface area contributed by atoms with Crippen LogP contribution in [0.1, 0.15) is 25.3 Å². The molecule has 2 aromatic rings. The number of nitrogens with zero attached hydrogens (tertiary/aromatic N) is 1. The highest BCUT2D eigenvalue weighted by Crippen LogP contribution is 2.13. The molecule has 0 spiro atoms. The molecule has 0 radical (unpaired) electrons. The molecule has 2 aromatic carbocycles. The molecule has 0 fully saturated rings. The Morgan fingerprint density at radius 1 is 0.958 bits per heavy atom. The lowest BCUT2D eigenvalue weighted by atomic mass is 10.2. The van der Waals surface area contributed by atoms with Crippen molar-refractivity contribution in [3.05, 3.63) is 66.2 Å². The molecule has 0 atom stereocenters. The van der Waals surface area contributed by atoms with E-state index in [1.807, 2.05) is 37.3 Å². The van der Waals surface area contributed by atoms with Gasteiger partial charge in [0.15, 0.2) is 9.84 Å². The lowest BCUT2D eigenvalue weighted by Crippen LogP contribution is -2.36. The summed E-state index contributed by atoms with van der Waals surface area (Å²) in [5.41, 5.74) is 0.999. The van der Waals surface area contributed by atoms with Crippen LogP contribution in [0.4, 0.5) is 0 Å². The number of hydrogen-bond donors (Lipinski definition) is 0. The van der Waals surface area contributed by atoms with Crippen molar-refractivity contribution in [2.75, 3.05) is 12.3 Å². The second-order valence-electron chi connectivity index (χ2n) is 5.73. The molecule has 0 bridgehead atoms. The maximum Gasteiger partial charge on any atom is 0.238 e. The van der Waals surface area contributed by atoms with Gasteiger partial charge in [0.2, 0.25) is 5.91 Å². The molecular formula is C19H23NO3S. The van der Waals surface area contributed by atoms with Crippen molar-refractivity contribution in [2.45, 2.75) is 31.2 Å². The van der Waals surface area contributed by atoms with Gasteiger partial charge in [0.25, 0.3) is 0 Å². The number of rotatable bonds is 8. The Hall–Kier alpha value is -2.14. The highest BCUT2D eigenvalue weighted by molar-refractivity contribution is 7.92. The Labute approximate surface area is 144 Å². The summed E-state index contributed by atoms with van der Waals surface area (Å²) in [7, 11) is -3.61. The van der Waals surface area contributed by atoms with Crippen LogP contribution in [0, 0.1) is 0 Å². The molecule has 128 valence electrons. The molecule has 2 rings (SSSR count). The quantitative estimate of drug-likeness (QED) is 0.738. The van der Waals surface area contributed by atoms with E-state index in [0.29, 0.717) is 13.1 Å². The summed E-state index contributed by atoms with van der Waals surface area (Å²) in [4.78, 5) is 14.4. The average Bonchev–Trinajstić information content (AvgIpc) is 2.60. The van der Waals surface area contributed by atoms with Gasteiger partial charge in [-0.3, -0.25) is 4.79 Å². The third-order valence-corrected chi connectivity index (χ3v) is 5.38. The Morgan fingerprint density at radius 3 is 2.12 bits per heavy atom. The number of amides is 1. The first-order valence-corrected chi connectivity index (χ1v) is 9.77. The molecule has 0 saturated carbocycles. The van der Waals surface area contributed by atoms with Crippen LogP contribution in [0.15, 0.2) is 65.6 Å². The van der Waals surface area contributed by atoms with Crippen molar-refractivity contribution in [3.8, 4) is 0 Å². The van der Waals surface area contributed by atoms with Crippen LogP contribution in [0.3, 0.4) is 0 Å². The standard InChI is InChI=1S/C19H23NO3S/c1-2-3-14-20(15-17-10-6-4-7-11-17)19(21)16-24(22,23)18-12-8-5-9-13-18/h4-13H,2-3,14-16H2,1H3. The zero-order valence-corrected chi connectivity index (χ0v) is 14.7.